The molecule has 0 bridgehead atoms. The summed E-state index contributed by atoms with van der Waals surface area (Å²) in [5.74, 6) is 1.82. The van der Waals surface area contributed by atoms with E-state index < -0.39 is 0 Å². The first kappa shape index (κ1) is 18.9. The van der Waals surface area contributed by atoms with E-state index in [9.17, 15) is 0 Å². The summed E-state index contributed by atoms with van der Waals surface area (Å²) in [6.45, 7) is 9.06. The van der Waals surface area contributed by atoms with Gasteiger partial charge in [-0.3, -0.25) is 4.57 Å². The van der Waals surface area contributed by atoms with Crippen LogP contribution >= 0.6 is 15.9 Å². The second kappa shape index (κ2) is 7.56. The van der Waals surface area contributed by atoms with Gasteiger partial charge in [-0.2, -0.15) is 0 Å². The van der Waals surface area contributed by atoms with Crippen molar-refractivity contribution < 1.29 is 0 Å². The van der Waals surface area contributed by atoms with Crippen LogP contribution in [0.15, 0.2) is 71.2 Å². The van der Waals surface area contributed by atoms with Gasteiger partial charge in [0.15, 0.2) is 0 Å². The number of halogens is 1. The van der Waals surface area contributed by atoms with Gasteiger partial charge in [-0.25, -0.2) is 4.98 Å². The average molecular weight is 433 g/mol. The number of rotatable bonds is 4. The molecule has 0 unspecified atom stereocenters. The van der Waals surface area contributed by atoms with Gasteiger partial charge in [0, 0.05) is 10.0 Å². The van der Waals surface area contributed by atoms with Crippen LogP contribution in [0.2, 0.25) is 0 Å². The second-order valence-corrected chi connectivity index (χ2v) is 8.69. The van der Waals surface area contributed by atoms with Crippen LogP contribution in [0.5, 0.6) is 0 Å². The lowest BCUT2D eigenvalue weighted by Crippen LogP contribution is -2.08. The molecule has 0 saturated heterocycles. The summed E-state index contributed by atoms with van der Waals surface area (Å²) in [7, 11) is 0. The zero-order valence-electron chi connectivity index (χ0n) is 16.8. The third kappa shape index (κ3) is 3.18. The highest BCUT2D eigenvalue weighted by atomic mass is 79.9. The average Bonchev–Trinajstić information content (AvgIpc) is 3.08. The topological polar surface area (TPSA) is 17.8 Å². The minimum atomic E-state index is 0.418. The van der Waals surface area contributed by atoms with Crippen LogP contribution in [0, 0.1) is 0 Å². The van der Waals surface area contributed by atoms with Gasteiger partial charge in [-0.15, -0.1) is 0 Å². The standard InChI is InChI=1S/C25H25BrN2/c1-16(2)19-12-8-13-20(17(3)4)24(19)28-22-15-9-14-21(26)23(22)27-25(28)18-10-6-5-7-11-18/h5-17H,1-4H3. The first-order valence-electron chi connectivity index (χ1n) is 9.84. The molecule has 0 aliphatic heterocycles. The molecule has 0 aliphatic carbocycles. The highest BCUT2D eigenvalue weighted by Gasteiger charge is 2.22. The van der Waals surface area contributed by atoms with Crippen molar-refractivity contribution in [3.05, 3.63) is 82.3 Å². The van der Waals surface area contributed by atoms with Crippen LogP contribution in [-0.4, -0.2) is 9.55 Å². The minimum absolute atomic E-state index is 0.418. The third-order valence-electron chi connectivity index (χ3n) is 5.23. The number of benzene rings is 3. The van der Waals surface area contributed by atoms with E-state index >= 15 is 0 Å². The van der Waals surface area contributed by atoms with E-state index in [1.807, 2.05) is 6.07 Å². The van der Waals surface area contributed by atoms with Crippen LogP contribution in [0.4, 0.5) is 0 Å². The minimum Gasteiger partial charge on any atom is -0.292 e. The van der Waals surface area contributed by atoms with E-state index in [-0.39, 0.29) is 0 Å². The molecule has 0 fully saturated rings. The van der Waals surface area contributed by atoms with Crippen molar-refractivity contribution in [2.75, 3.05) is 0 Å². The molecule has 0 spiro atoms. The lowest BCUT2D eigenvalue weighted by Gasteiger charge is -2.22. The summed E-state index contributed by atoms with van der Waals surface area (Å²) in [5.41, 5.74) is 7.22. The smallest absolute Gasteiger partial charge is 0.145 e. The highest BCUT2D eigenvalue weighted by molar-refractivity contribution is 9.10. The van der Waals surface area contributed by atoms with E-state index in [1.54, 1.807) is 0 Å². The van der Waals surface area contributed by atoms with Crippen LogP contribution in [0.1, 0.15) is 50.7 Å². The molecule has 0 N–H and O–H groups in total. The van der Waals surface area contributed by atoms with E-state index in [2.05, 4.69) is 109 Å². The lowest BCUT2D eigenvalue weighted by molar-refractivity contribution is 0.811. The summed E-state index contributed by atoms with van der Waals surface area (Å²) in [4.78, 5) is 5.08. The molecule has 0 saturated carbocycles. The van der Waals surface area contributed by atoms with Crippen LogP contribution in [-0.2, 0) is 0 Å². The van der Waals surface area contributed by atoms with Gasteiger partial charge < -0.3 is 0 Å². The van der Waals surface area contributed by atoms with Gasteiger partial charge in [0.2, 0.25) is 0 Å². The Balaban J connectivity index is 2.17. The zero-order chi connectivity index (χ0) is 19.8. The van der Waals surface area contributed by atoms with Crippen molar-refractivity contribution in [2.24, 2.45) is 0 Å². The molecular formula is C25H25BrN2. The quantitative estimate of drug-likeness (QED) is 0.322. The van der Waals surface area contributed by atoms with Crippen molar-refractivity contribution in [3.63, 3.8) is 0 Å². The number of hydrogen-bond acceptors (Lipinski definition) is 1. The SMILES string of the molecule is CC(C)c1cccc(C(C)C)c1-n1c(-c2ccccc2)nc2c(Br)cccc21. The third-order valence-corrected chi connectivity index (χ3v) is 5.87. The molecule has 1 aromatic heterocycles. The zero-order valence-corrected chi connectivity index (χ0v) is 18.4. The fourth-order valence-electron chi connectivity index (χ4n) is 3.84. The van der Waals surface area contributed by atoms with Crippen molar-refractivity contribution >= 4 is 27.0 Å². The monoisotopic (exact) mass is 432 g/mol. The van der Waals surface area contributed by atoms with Crippen LogP contribution in [0.3, 0.4) is 0 Å². The predicted molar refractivity (Wildman–Crippen MR) is 122 cm³/mol. The maximum absolute atomic E-state index is 5.08. The largest absolute Gasteiger partial charge is 0.292 e. The summed E-state index contributed by atoms with van der Waals surface area (Å²) in [5, 5.41) is 0. The maximum Gasteiger partial charge on any atom is 0.145 e. The van der Waals surface area contributed by atoms with E-state index in [0.29, 0.717) is 11.8 Å². The van der Waals surface area contributed by atoms with Crippen molar-refractivity contribution in [3.8, 4) is 17.1 Å². The van der Waals surface area contributed by atoms with Gasteiger partial charge in [-0.1, -0.05) is 82.3 Å². The molecule has 4 aromatic rings. The Morgan fingerprint density at radius 3 is 1.96 bits per heavy atom. The van der Waals surface area contributed by atoms with Gasteiger partial charge in [0.25, 0.3) is 0 Å². The molecule has 1 heterocycles. The van der Waals surface area contributed by atoms with Gasteiger partial charge >= 0.3 is 0 Å². The number of aromatic nitrogens is 2. The van der Waals surface area contributed by atoms with Gasteiger partial charge in [-0.05, 0) is 51.0 Å². The molecule has 0 amide bonds. The van der Waals surface area contributed by atoms with Crippen molar-refractivity contribution in [1.29, 1.82) is 0 Å². The molecule has 3 heteroatoms. The molecular weight excluding hydrogens is 408 g/mol. The summed E-state index contributed by atoms with van der Waals surface area (Å²) >= 11 is 3.71. The lowest BCUT2D eigenvalue weighted by atomic mass is 9.92. The number of imidazole rings is 1. The molecule has 142 valence electrons. The molecule has 0 aliphatic rings. The normalized spacial score (nSPS) is 11.7. The maximum atomic E-state index is 5.08. The van der Waals surface area contributed by atoms with Crippen LogP contribution in [0.25, 0.3) is 28.1 Å². The number of para-hydroxylation sites is 2. The molecule has 2 nitrogen and oxygen atoms in total. The Kier molecular flexibility index (Phi) is 5.11. The highest BCUT2D eigenvalue weighted by Crippen LogP contribution is 2.38. The first-order chi connectivity index (χ1) is 13.5. The second-order valence-electron chi connectivity index (χ2n) is 7.84. The Hall–Kier alpha value is -2.39. The van der Waals surface area contributed by atoms with Crippen LogP contribution < -0.4 is 0 Å². The van der Waals surface area contributed by atoms with Gasteiger partial charge in [0.1, 0.15) is 11.3 Å². The predicted octanol–water partition coefficient (Wildman–Crippen LogP) is 7.70. The fraction of sp³-hybridized carbons (Fsp3) is 0.240. The van der Waals surface area contributed by atoms with E-state index in [1.165, 1.54) is 16.8 Å². The Bertz CT molecular complexity index is 1100. The first-order valence-corrected chi connectivity index (χ1v) is 10.6. The Morgan fingerprint density at radius 2 is 1.36 bits per heavy atom. The molecule has 28 heavy (non-hydrogen) atoms. The number of fused-ring (bicyclic) bond motifs is 1. The number of nitrogens with zero attached hydrogens (tertiary/aromatic N) is 2. The van der Waals surface area contributed by atoms with Gasteiger partial charge in [0.05, 0.1) is 11.2 Å². The fourth-order valence-corrected chi connectivity index (χ4v) is 4.29. The summed E-state index contributed by atoms with van der Waals surface area (Å²) in [6, 6.07) is 23.5. The Morgan fingerprint density at radius 1 is 0.750 bits per heavy atom. The molecule has 3 aromatic carbocycles. The Labute approximate surface area is 175 Å². The summed E-state index contributed by atoms with van der Waals surface area (Å²) < 4.78 is 3.38. The molecule has 0 atom stereocenters. The summed E-state index contributed by atoms with van der Waals surface area (Å²) in [6.07, 6.45) is 0. The molecule has 4 rings (SSSR count). The number of hydrogen-bond donors (Lipinski definition) is 0. The molecule has 0 radical (unpaired) electrons. The van der Waals surface area contributed by atoms with Crippen molar-refractivity contribution in [2.45, 2.75) is 39.5 Å². The van der Waals surface area contributed by atoms with E-state index in [4.69, 9.17) is 4.98 Å². The van der Waals surface area contributed by atoms with Crippen molar-refractivity contribution in [1.82, 2.24) is 9.55 Å². The van der Waals surface area contributed by atoms with E-state index in [0.717, 1.165) is 26.9 Å².